The molecule has 0 N–H and O–H groups in total. The molecule has 1 aliphatic heterocycles. The van der Waals surface area contributed by atoms with Crippen LogP contribution in [0.1, 0.15) is 22.3 Å². The standard InChI is InChI=1S/C22H27N3/c1-19-10-11-22(20(2)17-19)18-24-13-15-25(16-14-24)23-12-6-9-21-7-4-3-5-8-21/h3-12,17H,13-16,18H2,1-2H3/b9-6+,23-12?. The van der Waals surface area contributed by atoms with Crippen LogP contribution < -0.4 is 0 Å². The van der Waals surface area contributed by atoms with Crippen LogP contribution >= 0.6 is 0 Å². The van der Waals surface area contributed by atoms with Gasteiger partial charge in [0.1, 0.15) is 0 Å². The highest BCUT2D eigenvalue weighted by Crippen LogP contribution is 2.14. The number of hydrazone groups is 1. The van der Waals surface area contributed by atoms with Crippen LogP contribution in [0.4, 0.5) is 0 Å². The minimum absolute atomic E-state index is 0.987. The lowest BCUT2D eigenvalue weighted by Gasteiger charge is -2.33. The number of rotatable bonds is 5. The molecule has 25 heavy (non-hydrogen) atoms. The van der Waals surface area contributed by atoms with Gasteiger partial charge < -0.3 is 0 Å². The molecule has 0 atom stereocenters. The third-order valence-corrected chi connectivity index (χ3v) is 4.65. The Morgan fingerprint density at radius 2 is 1.72 bits per heavy atom. The molecule has 1 heterocycles. The molecule has 0 aliphatic carbocycles. The largest absolute Gasteiger partial charge is 0.295 e. The van der Waals surface area contributed by atoms with Crippen LogP contribution in [0.3, 0.4) is 0 Å². The number of aryl methyl sites for hydroxylation is 2. The minimum atomic E-state index is 0.987. The lowest BCUT2D eigenvalue weighted by Crippen LogP contribution is -2.43. The highest BCUT2D eigenvalue weighted by molar-refractivity contribution is 5.77. The number of piperazine rings is 1. The van der Waals surface area contributed by atoms with Crippen LogP contribution in [-0.4, -0.2) is 42.3 Å². The zero-order chi connectivity index (χ0) is 17.5. The molecular formula is C22H27N3. The van der Waals surface area contributed by atoms with Crippen molar-refractivity contribution in [3.63, 3.8) is 0 Å². The summed E-state index contributed by atoms with van der Waals surface area (Å²) < 4.78 is 0. The average molecular weight is 333 g/mol. The van der Waals surface area contributed by atoms with Crippen LogP contribution in [0, 0.1) is 13.8 Å². The topological polar surface area (TPSA) is 18.8 Å². The van der Waals surface area contributed by atoms with Gasteiger partial charge in [-0.05, 0) is 36.6 Å². The quantitative estimate of drug-likeness (QED) is 0.767. The van der Waals surface area contributed by atoms with E-state index in [9.17, 15) is 0 Å². The number of hydrogen-bond donors (Lipinski definition) is 0. The average Bonchev–Trinajstić information content (AvgIpc) is 2.63. The van der Waals surface area contributed by atoms with E-state index in [2.05, 4.69) is 65.3 Å². The normalized spacial score (nSPS) is 16.2. The SMILES string of the molecule is Cc1ccc(CN2CCN(N=C/C=C/c3ccccc3)CC2)c(C)c1. The Morgan fingerprint density at radius 1 is 0.960 bits per heavy atom. The molecule has 2 aromatic carbocycles. The van der Waals surface area contributed by atoms with Crippen molar-refractivity contribution in [2.24, 2.45) is 5.10 Å². The van der Waals surface area contributed by atoms with Crippen molar-refractivity contribution in [1.82, 2.24) is 9.91 Å². The molecular weight excluding hydrogens is 306 g/mol. The van der Waals surface area contributed by atoms with Crippen molar-refractivity contribution in [3.05, 3.63) is 76.9 Å². The summed E-state index contributed by atoms with van der Waals surface area (Å²) in [6, 6.07) is 17.1. The van der Waals surface area contributed by atoms with Gasteiger partial charge in [-0.15, -0.1) is 0 Å². The van der Waals surface area contributed by atoms with Gasteiger partial charge in [0.2, 0.25) is 0 Å². The predicted octanol–water partition coefficient (Wildman–Crippen LogP) is 4.12. The van der Waals surface area contributed by atoms with Gasteiger partial charge in [0.05, 0.1) is 0 Å². The fourth-order valence-electron chi connectivity index (χ4n) is 3.13. The van der Waals surface area contributed by atoms with E-state index >= 15 is 0 Å². The maximum absolute atomic E-state index is 4.56. The highest BCUT2D eigenvalue weighted by Gasteiger charge is 2.15. The number of allylic oxidation sites excluding steroid dienone is 1. The smallest absolute Gasteiger partial charge is 0.0488 e. The van der Waals surface area contributed by atoms with Crippen molar-refractivity contribution in [1.29, 1.82) is 0 Å². The zero-order valence-corrected chi connectivity index (χ0v) is 15.2. The molecule has 0 spiro atoms. The van der Waals surface area contributed by atoms with Crippen molar-refractivity contribution in [2.75, 3.05) is 26.2 Å². The van der Waals surface area contributed by atoms with E-state index in [1.165, 1.54) is 22.3 Å². The van der Waals surface area contributed by atoms with Crippen molar-refractivity contribution >= 4 is 12.3 Å². The summed E-state index contributed by atoms with van der Waals surface area (Å²) in [5.41, 5.74) is 5.37. The molecule has 1 saturated heterocycles. The first kappa shape index (κ1) is 17.4. The maximum atomic E-state index is 4.56. The molecule has 0 aromatic heterocycles. The van der Waals surface area contributed by atoms with E-state index < -0.39 is 0 Å². The van der Waals surface area contributed by atoms with Gasteiger partial charge in [0.25, 0.3) is 0 Å². The van der Waals surface area contributed by atoms with E-state index in [1.54, 1.807) is 0 Å². The molecule has 3 heteroatoms. The van der Waals surface area contributed by atoms with Gasteiger partial charge in [-0.1, -0.05) is 60.2 Å². The first-order valence-electron chi connectivity index (χ1n) is 9.00. The number of nitrogens with zero attached hydrogens (tertiary/aromatic N) is 3. The van der Waals surface area contributed by atoms with E-state index in [4.69, 9.17) is 0 Å². The predicted molar refractivity (Wildman–Crippen MR) is 107 cm³/mol. The molecule has 0 radical (unpaired) electrons. The van der Waals surface area contributed by atoms with Gasteiger partial charge in [0.15, 0.2) is 0 Å². The van der Waals surface area contributed by atoms with Crippen molar-refractivity contribution in [3.8, 4) is 0 Å². The molecule has 2 aromatic rings. The van der Waals surface area contributed by atoms with Crippen LogP contribution in [-0.2, 0) is 6.54 Å². The van der Waals surface area contributed by atoms with Crippen LogP contribution in [0.15, 0.2) is 59.7 Å². The second kappa shape index (κ2) is 8.63. The third kappa shape index (κ3) is 5.30. The summed E-state index contributed by atoms with van der Waals surface area (Å²) in [5.74, 6) is 0. The molecule has 1 fully saturated rings. The second-order valence-corrected chi connectivity index (χ2v) is 6.69. The van der Waals surface area contributed by atoms with E-state index in [0.29, 0.717) is 0 Å². The van der Waals surface area contributed by atoms with Crippen LogP contribution in [0.5, 0.6) is 0 Å². The summed E-state index contributed by atoms with van der Waals surface area (Å²) in [5, 5.41) is 6.72. The van der Waals surface area contributed by atoms with Crippen molar-refractivity contribution < 1.29 is 0 Å². The number of benzene rings is 2. The van der Waals surface area contributed by atoms with Crippen LogP contribution in [0.2, 0.25) is 0 Å². The molecule has 3 rings (SSSR count). The molecule has 0 amide bonds. The maximum Gasteiger partial charge on any atom is 0.0488 e. The fraction of sp³-hybridized carbons (Fsp3) is 0.318. The van der Waals surface area contributed by atoms with E-state index in [0.717, 1.165) is 32.7 Å². The molecule has 0 unspecified atom stereocenters. The molecule has 1 aliphatic rings. The van der Waals surface area contributed by atoms with Gasteiger partial charge >= 0.3 is 0 Å². The van der Waals surface area contributed by atoms with Crippen LogP contribution in [0.25, 0.3) is 6.08 Å². The van der Waals surface area contributed by atoms with Gasteiger partial charge in [-0.25, -0.2) is 0 Å². The third-order valence-electron chi connectivity index (χ3n) is 4.65. The molecule has 0 bridgehead atoms. The summed E-state index contributed by atoms with van der Waals surface area (Å²) in [7, 11) is 0. The van der Waals surface area contributed by atoms with Gasteiger partial charge in [-0.3, -0.25) is 9.91 Å². The Kier molecular flexibility index (Phi) is 6.02. The fourth-order valence-corrected chi connectivity index (χ4v) is 3.13. The van der Waals surface area contributed by atoms with Crippen molar-refractivity contribution in [2.45, 2.75) is 20.4 Å². The Morgan fingerprint density at radius 3 is 2.44 bits per heavy atom. The monoisotopic (exact) mass is 333 g/mol. The summed E-state index contributed by atoms with van der Waals surface area (Å²) in [6.45, 7) is 9.50. The Hall–Kier alpha value is -2.39. The zero-order valence-electron chi connectivity index (χ0n) is 15.2. The highest BCUT2D eigenvalue weighted by atomic mass is 15.5. The summed E-state index contributed by atoms with van der Waals surface area (Å²) in [6.07, 6.45) is 5.99. The molecule has 3 nitrogen and oxygen atoms in total. The number of hydrogen-bond acceptors (Lipinski definition) is 3. The summed E-state index contributed by atoms with van der Waals surface area (Å²) >= 11 is 0. The second-order valence-electron chi connectivity index (χ2n) is 6.69. The van der Waals surface area contributed by atoms with Gasteiger partial charge in [-0.2, -0.15) is 5.10 Å². The summed E-state index contributed by atoms with van der Waals surface area (Å²) in [4.78, 5) is 2.52. The lowest BCUT2D eigenvalue weighted by atomic mass is 10.1. The van der Waals surface area contributed by atoms with E-state index in [-0.39, 0.29) is 0 Å². The molecule has 0 saturated carbocycles. The van der Waals surface area contributed by atoms with Gasteiger partial charge in [0, 0.05) is 38.9 Å². The Labute approximate surface area is 151 Å². The van der Waals surface area contributed by atoms with E-state index in [1.807, 2.05) is 30.5 Å². The minimum Gasteiger partial charge on any atom is -0.295 e. The first-order chi connectivity index (χ1) is 12.2. The Bertz CT molecular complexity index is 726. The molecule has 130 valence electrons. The lowest BCUT2D eigenvalue weighted by molar-refractivity contribution is 0.131. The Balaban J connectivity index is 1.45. The first-order valence-corrected chi connectivity index (χ1v) is 9.00.